The molecule has 4 aromatic rings. The largest absolute Gasteiger partial charge is 0.497 e. The molecule has 1 saturated heterocycles. The fourth-order valence-electron chi connectivity index (χ4n) is 4.86. The summed E-state index contributed by atoms with van der Waals surface area (Å²) in [5, 5.41) is 2.98. The van der Waals surface area contributed by atoms with Gasteiger partial charge < -0.3 is 14.2 Å². The van der Waals surface area contributed by atoms with Crippen LogP contribution in [0, 0.1) is 0 Å². The number of aliphatic imine (C=N–C) groups is 1. The van der Waals surface area contributed by atoms with Gasteiger partial charge in [-0.15, -0.1) is 6.58 Å². The van der Waals surface area contributed by atoms with Gasteiger partial charge in [0.2, 0.25) is 0 Å². The number of benzene rings is 4. The number of carbonyl (C=O) groups is 1. The fourth-order valence-corrected chi connectivity index (χ4v) is 5.92. The van der Waals surface area contributed by atoms with Crippen LogP contribution in [0.25, 0.3) is 16.8 Å². The van der Waals surface area contributed by atoms with Crippen molar-refractivity contribution in [3.63, 3.8) is 0 Å². The van der Waals surface area contributed by atoms with Gasteiger partial charge in [0, 0.05) is 12.1 Å². The van der Waals surface area contributed by atoms with Crippen LogP contribution in [0.15, 0.2) is 101 Å². The minimum absolute atomic E-state index is 0.0747. The Morgan fingerprint density at radius 2 is 1.74 bits per heavy atom. The Hall–Kier alpha value is -4.49. The normalized spacial score (nSPS) is 15.0. The molecular weight excluding hydrogens is 544 g/mol. The molecule has 1 amide bonds. The van der Waals surface area contributed by atoms with E-state index in [1.807, 2.05) is 80.6 Å². The van der Waals surface area contributed by atoms with E-state index in [1.54, 1.807) is 12.0 Å². The number of allylic oxidation sites excluding steroid dienone is 1. The third kappa shape index (κ3) is 6.37. The lowest BCUT2D eigenvalue weighted by molar-refractivity contribution is -0.122. The van der Waals surface area contributed by atoms with Crippen molar-refractivity contribution >= 4 is 45.4 Å². The van der Waals surface area contributed by atoms with Crippen LogP contribution in [-0.4, -0.2) is 36.2 Å². The summed E-state index contributed by atoms with van der Waals surface area (Å²) in [5.41, 5.74) is 3.65. The molecule has 42 heavy (non-hydrogen) atoms. The highest BCUT2D eigenvalue weighted by atomic mass is 32.2. The Bertz CT molecular complexity index is 1650. The molecule has 1 aliphatic heterocycles. The Morgan fingerprint density at radius 1 is 0.952 bits per heavy atom. The van der Waals surface area contributed by atoms with Crippen molar-refractivity contribution in [3.8, 4) is 17.2 Å². The van der Waals surface area contributed by atoms with E-state index in [2.05, 4.69) is 30.8 Å². The number of nitrogens with zero attached hydrogens (tertiary/aromatic N) is 2. The smallest absolute Gasteiger partial charge is 0.266 e. The quantitative estimate of drug-likeness (QED) is 0.133. The zero-order valence-corrected chi connectivity index (χ0v) is 24.9. The minimum atomic E-state index is -0.0747. The van der Waals surface area contributed by atoms with Crippen LogP contribution in [0.5, 0.6) is 17.2 Å². The number of likely N-dealkylation sites (N-methyl/N-ethyl adjacent to an activating group) is 1. The number of ether oxygens (including phenoxy) is 3. The molecule has 0 aromatic heterocycles. The van der Waals surface area contributed by atoms with Gasteiger partial charge in [0.25, 0.3) is 5.91 Å². The molecule has 1 aliphatic rings. The Kier molecular flexibility index (Phi) is 9.29. The van der Waals surface area contributed by atoms with Crippen molar-refractivity contribution in [2.45, 2.75) is 26.9 Å². The summed E-state index contributed by atoms with van der Waals surface area (Å²) in [6.45, 7) is 9.25. The first-order valence-corrected chi connectivity index (χ1v) is 14.8. The highest BCUT2D eigenvalue weighted by molar-refractivity contribution is 8.18. The number of hydrogen-bond donors (Lipinski definition) is 0. The molecule has 4 aromatic carbocycles. The number of fused-ring (bicyclic) bond motifs is 1. The fraction of sp³-hybridized carbons (Fsp3) is 0.200. The number of methoxy groups -OCH3 is 1. The monoisotopic (exact) mass is 578 g/mol. The molecule has 0 bridgehead atoms. The summed E-state index contributed by atoms with van der Waals surface area (Å²) in [6.07, 6.45) is 4.34. The Labute approximate surface area is 251 Å². The lowest BCUT2D eigenvalue weighted by Crippen LogP contribution is -2.28. The molecule has 6 nitrogen and oxygen atoms in total. The van der Waals surface area contributed by atoms with E-state index < -0.39 is 0 Å². The highest BCUT2D eigenvalue weighted by Gasteiger charge is 2.32. The van der Waals surface area contributed by atoms with Gasteiger partial charge in [0.1, 0.15) is 12.4 Å². The second-order valence-corrected chi connectivity index (χ2v) is 10.6. The van der Waals surface area contributed by atoms with Gasteiger partial charge in [-0.05, 0) is 96.4 Å². The van der Waals surface area contributed by atoms with Crippen molar-refractivity contribution in [1.82, 2.24) is 4.90 Å². The predicted octanol–water partition coefficient (Wildman–Crippen LogP) is 8.18. The van der Waals surface area contributed by atoms with Gasteiger partial charge in [-0.25, -0.2) is 4.99 Å². The lowest BCUT2D eigenvalue weighted by Gasteiger charge is -2.17. The maximum Gasteiger partial charge on any atom is 0.266 e. The number of hydrogen-bond acceptors (Lipinski definition) is 6. The number of amidine groups is 1. The maximum absolute atomic E-state index is 13.4. The van der Waals surface area contributed by atoms with Gasteiger partial charge >= 0.3 is 0 Å². The molecule has 0 saturated carbocycles. The van der Waals surface area contributed by atoms with Gasteiger partial charge in [0.15, 0.2) is 16.7 Å². The number of carbonyl (C=O) groups excluding carboxylic acids is 1. The van der Waals surface area contributed by atoms with E-state index in [1.165, 1.54) is 17.1 Å². The van der Waals surface area contributed by atoms with E-state index in [0.717, 1.165) is 33.5 Å². The standard InChI is InChI=1S/C35H34N2O4S/c1-5-11-26-20-24(22-32-34(38)37(6-2)35(42-32)36-28-16-18-29(39-4)19-17-28)21-31(40-7-3)33(26)41-23-27-14-10-13-25-12-8-9-15-30(25)27/h5,8-10,12-22H,1,6-7,11,23H2,2-4H3/b32-22+,36-35?. The van der Waals surface area contributed by atoms with E-state index in [9.17, 15) is 4.79 Å². The van der Waals surface area contributed by atoms with Crippen molar-refractivity contribution in [3.05, 3.63) is 113 Å². The third-order valence-corrected chi connectivity index (χ3v) is 7.88. The summed E-state index contributed by atoms with van der Waals surface area (Å²) in [7, 11) is 1.63. The summed E-state index contributed by atoms with van der Waals surface area (Å²) in [5.74, 6) is 2.01. The maximum atomic E-state index is 13.4. The summed E-state index contributed by atoms with van der Waals surface area (Å²) in [6, 6.07) is 26.0. The van der Waals surface area contributed by atoms with Crippen LogP contribution in [0.2, 0.25) is 0 Å². The van der Waals surface area contributed by atoms with Crippen LogP contribution in [-0.2, 0) is 17.8 Å². The summed E-state index contributed by atoms with van der Waals surface area (Å²) >= 11 is 1.37. The first-order chi connectivity index (χ1) is 20.5. The van der Waals surface area contributed by atoms with Crippen LogP contribution < -0.4 is 14.2 Å². The van der Waals surface area contributed by atoms with Crippen LogP contribution in [0.4, 0.5) is 5.69 Å². The van der Waals surface area contributed by atoms with Crippen LogP contribution in [0.3, 0.4) is 0 Å². The molecule has 0 N–H and O–H groups in total. The number of amides is 1. The van der Waals surface area contributed by atoms with Gasteiger partial charge in [-0.2, -0.15) is 0 Å². The molecule has 0 aliphatic carbocycles. The van der Waals surface area contributed by atoms with Gasteiger partial charge in [-0.1, -0.05) is 48.5 Å². The molecular formula is C35H34N2O4S. The van der Waals surface area contributed by atoms with Gasteiger partial charge in [-0.3, -0.25) is 9.69 Å². The van der Waals surface area contributed by atoms with Crippen LogP contribution >= 0.6 is 11.8 Å². The minimum Gasteiger partial charge on any atom is -0.497 e. The average molecular weight is 579 g/mol. The summed E-state index contributed by atoms with van der Waals surface area (Å²) in [4.78, 5) is 20.4. The molecule has 0 spiro atoms. The third-order valence-electron chi connectivity index (χ3n) is 6.87. The Morgan fingerprint density at radius 3 is 2.48 bits per heavy atom. The average Bonchev–Trinajstić information content (AvgIpc) is 3.30. The topological polar surface area (TPSA) is 60.4 Å². The van der Waals surface area contributed by atoms with Crippen molar-refractivity contribution in [1.29, 1.82) is 0 Å². The Balaban J connectivity index is 1.46. The number of rotatable bonds is 11. The lowest BCUT2D eigenvalue weighted by atomic mass is 10.0. The van der Waals surface area contributed by atoms with Gasteiger partial charge in [0.05, 0.1) is 24.3 Å². The SMILES string of the molecule is C=CCc1cc(/C=C2/SC(=Nc3ccc(OC)cc3)N(CC)C2=O)cc(OCC)c1OCc1cccc2ccccc12. The molecule has 0 radical (unpaired) electrons. The van der Waals surface area contributed by atoms with E-state index in [-0.39, 0.29) is 5.91 Å². The second kappa shape index (κ2) is 13.4. The predicted molar refractivity (Wildman–Crippen MR) is 173 cm³/mol. The van der Waals surface area contributed by atoms with Crippen molar-refractivity contribution in [2.75, 3.05) is 20.3 Å². The zero-order valence-electron chi connectivity index (χ0n) is 24.1. The van der Waals surface area contributed by atoms with Crippen LogP contribution in [0.1, 0.15) is 30.5 Å². The molecule has 214 valence electrons. The van der Waals surface area contributed by atoms with E-state index >= 15 is 0 Å². The zero-order chi connectivity index (χ0) is 29.5. The second-order valence-electron chi connectivity index (χ2n) is 9.61. The number of thioether (sulfide) groups is 1. The molecule has 5 rings (SSSR count). The van der Waals surface area contributed by atoms with E-state index in [4.69, 9.17) is 19.2 Å². The molecule has 0 atom stereocenters. The molecule has 1 heterocycles. The van der Waals surface area contributed by atoms with Crippen molar-refractivity contribution in [2.24, 2.45) is 4.99 Å². The first kappa shape index (κ1) is 29.0. The molecule has 0 unspecified atom stereocenters. The van der Waals surface area contributed by atoms with E-state index in [0.29, 0.717) is 47.8 Å². The van der Waals surface area contributed by atoms with Crippen molar-refractivity contribution < 1.29 is 19.0 Å². The molecule has 1 fully saturated rings. The first-order valence-electron chi connectivity index (χ1n) is 14.0. The summed E-state index contributed by atoms with van der Waals surface area (Å²) < 4.78 is 17.8. The highest BCUT2D eigenvalue weighted by Crippen LogP contribution is 2.38. The molecule has 7 heteroatoms.